The first-order chi connectivity index (χ1) is 6.65. The number of benzene rings is 1. The summed E-state index contributed by atoms with van der Waals surface area (Å²) in [5.74, 6) is 0. The second kappa shape index (κ2) is 4.80. The fraction of sp³-hybridized carbons (Fsp3) is 0.417. The van der Waals surface area contributed by atoms with E-state index in [1.807, 2.05) is 19.2 Å². The Morgan fingerprint density at radius 1 is 1.43 bits per heavy atom. The smallest absolute Gasteiger partial charge is 0.209 e. The Labute approximate surface area is 85.5 Å². The molecule has 0 spiro atoms. The number of hydrogen-bond acceptors (Lipinski definition) is 1. The number of nitrogens with zero attached hydrogens (tertiary/aromatic N) is 1. The lowest BCUT2D eigenvalue weighted by atomic mass is 10.0. The highest BCUT2D eigenvalue weighted by Crippen LogP contribution is 2.11. The molecule has 0 radical (unpaired) electrons. The maximum absolute atomic E-state index is 10.5. The Bertz CT molecular complexity index is 309. The van der Waals surface area contributed by atoms with E-state index in [0.29, 0.717) is 0 Å². The minimum absolute atomic E-state index is 0.258. The molecule has 76 valence electrons. The minimum Gasteiger partial charge on any atom is -0.345 e. The molecule has 0 heterocycles. The Hall–Kier alpha value is -1.31. The van der Waals surface area contributed by atoms with Gasteiger partial charge in [-0.1, -0.05) is 24.3 Å². The van der Waals surface area contributed by atoms with Crippen LogP contribution in [0.25, 0.3) is 0 Å². The van der Waals surface area contributed by atoms with E-state index in [1.54, 1.807) is 4.90 Å². The average molecular weight is 191 g/mol. The predicted octanol–water partition coefficient (Wildman–Crippen LogP) is 2.01. The summed E-state index contributed by atoms with van der Waals surface area (Å²) in [4.78, 5) is 12.2. The van der Waals surface area contributed by atoms with Crippen LogP contribution in [-0.2, 0) is 11.2 Å². The SMILES string of the molecule is Cc1ccccc1CC(C)N(C)C=O. The van der Waals surface area contributed by atoms with Gasteiger partial charge in [-0.2, -0.15) is 0 Å². The zero-order valence-corrected chi connectivity index (χ0v) is 9.03. The summed E-state index contributed by atoms with van der Waals surface area (Å²) in [6.45, 7) is 4.16. The van der Waals surface area contributed by atoms with Gasteiger partial charge in [0.05, 0.1) is 0 Å². The number of amides is 1. The number of hydrogen-bond donors (Lipinski definition) is 0. The zero-order chi connectivity index (χ0) is 10.6. The van der Waals surface area contributed by atoms with Crippen LogP contribution in [0.5, 0.6) is 0 Å². The van der Waals surface area contributed by atoms with Crippen molar-refractivity contribution in [2.75, 3.05) is 7.05 Å². The van der Waals surface area contributed by atoms with Crippen molar-refractivity contribution in [3.8, 4) is 0 Å². The van der Waals surface area contributed by atoms with Crippen molar-refractivity contribution in [2.24, 2.45) is 0 Å². The molecule has 0 fully saturated rings. The summed E-state index contributed by atoms with van der Waals surface area (Å²) >= 11 is 0. The first-order valence-electron chi connectivity index (χ1n) is 4.87. The Kier molecular flexibility index (Phi) is 3.69. The molecule has 1 aromatic rings. The van der Waals surface area contributed by atoms with Crippen LogP contribution < -0.4 is 0 Å². The highest BCUT2D eigenvalue weighted by Gasteiger charge is 2.08. The molecule has 0 saturated carbocycles. The van der Waals surface area contributed by atoms with Crippen LogP contribution in [0.2, 0.25) is 0 Å². The zero-order valence-electron chi connectivity index (χ0n) is 9.03. The summed E-state index contributed by atoms with van der Waals surface area (Å²) in [7, 11) is 1.82. The van der Waals surface area contributed by atoms with Crippen molar-refractivity contribution in [3.05, 3.63) is 35.4 Å². The molecule has 0 N–H and O–H groups in total. The molecule has 1 rings (SSSR count). The number of carbonyl (C=O) groups is 1. The quantitative estimate of drug-likeness (QED) is 0.667. The van der Waals surface area contributed by atoms with E-state index in [4.69, 9.17) is 0 Å². The van der Waals surface area contributed by atoms with Crippen molar-refractivity contribution >= 4 is 6.41 Å². The van der Waals surface area contributed by atoms with Crippen LogP contribution in [0.4, 0.5) is 0 Å². The van der Waals surface area contributed by atoms with Crippen molar-refractivity contribution in [1.29, 1.82) is 0 Å². The summed E-state index contributed by atoms with van der Waals surface area (Å²) in [6.07, 6.45) is 1.80. The second-order valence-corrected chi connectivity index (χ2v) is 3.75. The maximum Gasteiger partial charge on any atom is 0.209 e. The van der Waals surface area contributed by atoms with Crippen molar-refractivity contribution in [1.82, 2.24) is 4.90 Å². The summed E-state index contributed by atoms with van der Waals surface area (Å²) < 4.78 is 0. The molecular weight excluding hydrogens is 174 g/mol. The lowest BCUT2D eigenvalue weighted by Crippen LogP contribution is -2.29. The maximum atomic E-state index is 10.5. The molecule has 0 aliphatic heterocycles. The fourth-order valence-electron chi connectivity index (χ4n) is 1.41. The van der Waals surface area contributed by atoms with Crippen LogP contribution in [0.1, 0.15) is 18.1 Å². The monoisotopic (exact) mass is 191 g/mol. The first-order valence-corrected chi connectivity index (χ1v) is 4.87. The van der Waals surface area contributed by atoms with Gasteiger partial charge in [-0.3, -0.25) is 4.79 Å². The molecule has 0 aliphatic rings. The molecule has 1 amide bonds. The number of carbonyl (C=O) groups excluding carboxylic acids is 1. The van der Waals surface area contributed by atoms with Crippen LogP contribution >= 0.6 is 0 Å². The van der Waals surface area contributed by atoms with Crippen molar-refractivity contribution in [3.63, 3.8) is 0 Å². The lowest BCUT2D eigenvalue weighted by Gasteiger charge is -2.20. The highest BCUT2D eigenvalue weighted by atomic mass is 16.1. The average Bonchev–Trinajstić information content (AvgIpc) is 2.20. The molecule has 1 atom stereocenters. The van der Waals surface area contributed by atoms with E-state index in [0.717, 1.165) is 12.8 Å². The standard InChI is InChI=1S/C12H17NO/c1-10-6-4-5-7-12(10)8-11(2)13(3)9-14/h4-7,9,11H,8H2,1-3H3. The third kappa shape index (κ3) is 2.59. The van der Waals surface area contributed by atoms with E-state index in [1.165, 1.54) is 11.1 Å². The Morgan fingerprint density at radius 3 is 2.64 bits per heavy atom. The number of aryl methyl sites for hydroxylation is 1. The van der Waals surface area contributed by atoms with Gasteiger partial charge < -0.3 is 4.90 Å². The van der Waals surface area contributed by atoms with Crippen LogP contribution in [-0.4, -0.2) is 24.4 Å². The van der Waals surface area contributed by atoms with E-state index in [9.17, 15) is 4.79 Å². The van der Waals surface area contributed by atoms with Gasteiger partial charge in [-0.05, 0) is 31.4 Å². The Morgan fingerprint density at radius 2 is 2.07 bits per heavy atom. The normalized spacial score (nSPS) is 12.2. The molecule has 0 aromatic heterocycles. The molecule has 1 aromatic carbocycles. The lowest BCUT2D eigenvalue weighted by molar-refractivity contribution is -0.118. The molecule has 1 unspecified atom stereocenters. The van der Waals surface area contributed by atoms with Crippen molar-refractivity contribution in [2.45, 2.75) is 26.3 Å². The second-order valence-electron chi connectivity index (χ2n) is 3.75. The highest BCUT2D eigenvalue weighted by molar-refractivity contribution is 5.47. The minimum atomic E-state index is 0.258. The fourth-order valence-corrected chi connectivity index (χ4v) is 1.41. The number of likely N-dealkylation sites (N-methyl/N-ethyl adjacent to an activating group) is 1. The van der Waals surface area contributed by atoms with Crippen LogP contribution in [0, 0.1) is 6.92 Å². The summed E-state index contributed by atoms with van der Waals surface area (Å²) in [6, 6.07) is 8.55. The van der Waals surface area contributed by atoms with Gasteiger partial charge in [0.1, 0.15) is 0 Å². The van der Waals surface area contributed by atoms with Crippen LogP contribution in [0.15, 0.2) is 24.3 Å². The van der Waals surface area contributed by atoms with E-state index in [-0.39, 0.29) is 6.04 Å². The van der Waals surface area contributed by atoms with E-state index in [2.05, 4.69) is 26.0 Å². The summed E-state index contributed by atoms with van der Waals surface area (Å²) in [5, 5.41) is 0. The van der Waals surface area contributed by atoms with Gasteiger partial charge in [-0.15, -0.1) is 0 Å². The molecular formula is C12H17NO. The molecule has 2 heteroatoms. The molecule has 0 saturated heterocycles. The van der Waals surface area contributed by atoms with Gasteiger partial charge >= 0.3 is 0 Å². The number of rotatable bonds is 4. The summed E-state index contributed by atoms with van der Waals surface area (Å²) in [5.41, 5.74) is 2.60. The first kappa shape index (κ1) is 10.8. The van der Waals surface area contributed by atoms with E-state index >= 15 is 0 Å². The predicted molar refractivity (Wildman–Crippen MR) is 58.2 cm³/mol. The topological polar surface area (TPSA) is 20.3 Å². The largest absolute Gasteiger partial charge is 0.345 e. The van der Waals surface area contributed by atoms with Crippen LogP contribution in [0.3, 0.4) is 0 Å². The van der Waals surface area contributed by atoms with Gasteiger partial charge in [-0.25, -0.2) is 0 Å². The molecule has 14 heavy (non-hydrogen) atoms. The third-order valence-electron chi connectivity index (χ3n) is 2.64. The van der Waals surface area contributed by atoms with Crippen molar-refractivity contribution < 1.29 is 4.79 Å². The van der Waals surface area contributed by atoms with Gasteiger partial charge in [0.25, 0.3) is 0 Å². The van der Waals surface area contributed by atoms with Gasteiger partial charge in [0.2, 0.25) is 6.41 Å². The molecule has 2 nitrogen and oxygen atoms in total. The Balaban J connectivity index is 2.69. The molecule has 0 bridgehead atoms. The van der Waals surface area contributed by atoms with Gasteiger partial charge in [0, 0.05) is 13.1 Å². The third-order valence-corrected chi connectivity index (χ3v) is 2.64. The molecule has 0 aliphatic carbocycles. The van der Waals surface area contributed by atoms with E-state index < -0.39 is 0 Å². The van der Waals surface area contributed by atoms with Gasteiger partial charge in [0.15, 0.2) is 0 Å².